The molecule has 0 aliphatic heterocycles. The van der Waals surface area contributed by atoms with E-state index in [0.29, 0.717) is 6.04 Å². The fraction of sp³-hybridized carbons (Fsp3) is 0.692. The highest BCUT2D eigenvalue weighted by molar-refractivity contribution is 4.98. The van der Waals surface area contributed by atoms with Gasteiger partial charge in [-0.15, -0.1) is 0 Å². The van der Waals surface area contributed by atoms with Crippen LogP contribution >= 0.6 is 0 Å². The molecular formula is C13H21NO. The average Bonchev–Trinajstić information content (AvgIpc) is 2.67. The molecule has 0 bridgehead atoms. The summed E-state index contributed by atoms with van der Waals surface area (Å²) in [5, 5.41) is 3.62. The number of rotatable bonds is 3. The van der Waals surface area contributed by atoms with E-state index < -0.39 is 0 Å². The van der Waals surface area contributed by atoms with Crippen LogP contribution in [-0.2, 0) is 6.54 Å². The Hall–Kier alpha value is -0.760. The smallest absolute Gasteiger partial charge is 0.117 e. The monoisotopic (exact) mass is 207 g/mol. The van der Waals surface area contributed by atoms with Crippen LogP contribution in [0.3, 0.4) is 0 Å². The van der Waals surface area contributed by atoms with E-state index in [-0.39, 0.29) is 0 Å². The molecule has 15 heavy (non-hydrogen) atoms. The highest BCUT2D eigenvalue weighted by Gasteiger charge is 2.19. The van der Waals surface area contributed by atoms with Crippen molar-refractivity contribution in [3.63, 3.8) is 0 Å². The fourth-order valence-corrected chi connectivity index (χ4v) is 2.44. The van der Waals surface area contributed by atoms with Gasteiger partial charge in [-0.25, -0.2) is 0 Å². The molecule has 84 valence electrons. The third kappa shape index (κ3) is 3.10. The summed E-state index contributed by atoms with van der Waals surface area (Å²) in [7, 11) is 0. The van der Waals surface area contributed by atoms with Gasteiger partial charge in [0.1, 0.15) is 5.76 Å². The second-order valence-corrected chi connectivity index (χ2v) is 4.68. The van der Waals surface area contributed by atoms with Gasteiger partial charge < -0.3 is 9.73 Å². The molecule has 0 radical (unpaired) electrons. The lowest BCUT2D eigenvalue weighted by Gasteiger charge is -2.22. The Morgan fingerprint density at radius 2 is 2.20 bits per heavy atom. The van der Waals surface area contributed by atoms with Gasteiger partial charge in [0.15, 0.2) is 0 Å². The first-order chi connectivity index (χ1) is 7.36. The van der Waals surface area contributed by atoms with Crippen LogP contribution < -0.4 is 5.32 Å². The van der Waals surface area contributed by atoms with Crippen molar-refractivity contribution >= 4 is 0 Å². The third-order valence-electron chi connectivity index (χ3n) is 3.48. The van der Waals surface area contributed by atoms with E-state index in [1.165, 1.54) is 32.1 Å². The lowest BCUT2D eigenvalue weighted by Crippen LogP contribution is -2.33. The number of nitrogens with one attached hydrogen (secondary N) is 1. The predicted molar refractivity (Wildman–Crippen MR) is 61.6 cm³/mol. The number of hydrogen-bond donors (Lipinski definition) is 1. The minimum absolute atomic E-state index is 0.678. The van der Waals surface area contributed by atoms with Crippen LogP contribution in [-0.4, -0.2) is 6.04 Å². The number of furan rings is 1. The largest absolute Gasteiger partial charge is 0.468 e. The molecule has 2 unspecified atom stereocenters. The van der Waals surface area contributed by atoms with Crippen molar-refractivity contribution in [3.8, 4) is 0 Å². The zero-order valence-electron chi connectivity index (χ0n) is 9.54. The Kier molecular flexibility index (Phi) is 3.84. The SMILES string of the molecule is CC1CCCCCC1NCc1ccco1. The van der Waals surface area contributed by atoms with Gasteiger partial charge in [0.05, 0.1) is 12.8 Å². The second kappa shape index (κ2) is 5.36. The van der Waals surface area contributed by atoms with E-state index in [4.69, 9.17) is 4.42 Å². The summed E-state index contributed by atoms with van der Waals surface area (Å²) in [6.07, 6.45) is 8.62. The Morgan fingerprint density at radius 1 is 1.33 bits per heavy atom. The first-order valence-corrected chi connectivity index (χ1v) is 6.12. The van der Waals surface area contributed by atoms with Gasteiger partial charge in [-0.3, -0.25) is 0 Å². The van der Waals surface area contributed by atoms with Gasteiger partial charge in [-0.2, -0.15) is 0 Å². The lowest BCUT2D eigenvalue weighted by molar-refractivity contribution is 0.341. The van der Waals surface area contributed by atoms with E-state index in [1.54, 1.807) is 6.26 Å². The molecule has 1 aromatic rings. The molecule has 2 rings (SSSR count). The van der Waals surface area contributed by atoms with Crippen LogP contribution in [0, 0.1) is 5.92 Å². The standard InChI is InChI=1S/C13H21NO/c1-11-6-3-2-4-8-13(11)14-10-12-7-5-9-15-12/h5,7,9,11,13-14H,2-4,6,8,10H2,1H3. The van der Waals surface area contributed by atoms with Crippen LogP contribution in [0.4, 0.5) is 0 Å². The summed E-state index contributed by atoms with van der Waals surface area (Å²) in [6.45, 7) is 3.24. The Balaban J connectivity index is 1.81. The maximum absolute atomic E-state index is 5.33. The molecule has 0 saturated heterocycles. The van der Waals surface area contributed by atoms with Crippen molar-refractivity contribution in [3.05, 3.63) is 24.2 Å². The van der Waals surface area contributed by atoms with Crippen molar-refractivity contribution in [2.75, 3.05) is 0 Å². The highest BCUT2D eigenvalue weighted by atomic mass is 16.3. The maximum Gasteiger partial charge on any atom is 0.117 e. The molecule has 1 aromatic heterocycles. The van der Waals surface area contributed by atoms with Crippen LogP contribution in [0.2, 0.25) is 0 Å². The highest BCUT2D eigenvalue weighted by Crippen LogP contribution is 2.23. The predicted octanol–water partition coefficient (Wildman–Crippen LogP) is 3.34. The van der Waals surface area contributed by atoms with Crippen molar-refractivity contribution in [2.45, 2.75) is 51.6 Å². The quantitative estimate of drug-likeness (QED) is 0.769. The summed E-state index contributed by atoms with van der Waals surface area (Å²) >= 11 is 0. The van der Waals surface area contributed by atoms with Crippen LogP contribution in [0.15, 0.2) is 22.8 Å². The Morgan fingerprint density at radius 3 is 3.00 bits per heavy atom. The summed E-state index contributed by atoms with van der Waals surface area (Å²) in [6, 6.07) is 4.67. The molecule has 1 aliphatic rings. The normalized spacial score (nSPS) is 27.5. The van der Waals surface area contributed by atoms with Gasteiger partial charge in [-0.1, -0.05) is 26.2 Å². The van der Waals surface area contributed by atoms with E-state index in [1.807, 2.05) is 12.1 Å². The van der Waals surface area contributed by atoms with Gasteiger partial charge in [0.25, 0.3) is 0 Å². The van der Waals surface area contributed by atoms with Gasteiger partial charge in [0, 0.05) is 6.04 Å². The van der Waals surface area contributed by atoms with E-state index in [0.717, 1.165) is 18.2 Å². The van der Waals surface area contributed by atoms with Gasteiger partial charge in [-0.05, 0) is 30.9 Å². The molecule has 1 saturated carbocycles. The molecule has 1 N–H and O–H groups in total. The lowest BCUT2D eigenvalue weighted by atomic mass is 9.97. The third-order valence-corrected chi connectivity index (χ3v) is 3.48. The molecule has 2 nitrogen and oxygen atoms in total. The molecular weight excluding hydrogens is 186 g/mol. The fourth-order valence-electron chi connectivity index (χ4n) is 2.44. The second-order valence-electron chi connectivity index (χ2n) is 4.68. The van der Waals surface area contributed by atoms with E-state index in [9.17, 15) is 0 Å². The molecule has 2 atom stereocenters. The van der Waals surface area contributed by atoms with Crippen LogP contribution in [0.25, 0.3) is 0 Å². The van der Waals surface area contributed by atoms with E-state index >= 15 is 0 Å². The van der Waals surface area contributed by atoms with Crippen molar-refractivity contribution in [2.24, 2.45) is 5.92 Å². The van der Waals surface area contributed by atoms with Crippen molar-refractivity contribution in [1.82, 2.24) is 5.32 Å². The first kappa shape index (κ1) is 10.7. The minimum Gasteiger partial charge on any atom is -0.468 e. The molecule has 0 aromatic carbocycles. The molecule has 2 heteroatoms. The molecule has 0 spiro atoms. The van der Waals surface area contributed by atoms with Crippen LogP contribution in [0.1, 0.15) is 44.8 Å². The summed E-state index contributed by atoms with van der Waals surface area (Å²) < 4.78 is 5.33. The maximum atomic E-state index is 5.33. The summed E-state index contributed by atoms with van der Waals surface area (Å²) in [5.41, 5.74) is 0. The first-order valence-electron chi connectivity index (χ1n) is 6.12. The Labute approximate surface area is 92.1 Å². The summed E-state index contributed by atoms with van der Waals surface area (Å²) in [4.78, 5) is 0. The van der Waals surface area contributed by atoms with Gasteiger partial charge in [0.2, 0.25) is 0 Å². The Bertz CT molecular complexity index is 268. The zero-order valence-corrected chi connectivity index (χ0v) is 9.54. The van der Waals surface area contributed by atoms with Crippen LogP contribution in [0.5, 0.6) is 0 Å². The van der Waals surface area contributed by atoms with Crippen molar-refractivity contribution in [1.29, 1.82) is 0 Å². The zero-order chi connectivity index (χ0) is 10.5. The molecule has 1 aliphatic carbocycles. The number of hydrogen-bond acceptors (Lipinski definition) is 2. The molecule has 0 amide bonds. The molecule has 1 heterocycles. The van der Waals surface area contributed by atoms with E-state index in [2.05, 4.69) is 12.2 Å². The van der Waals surface area contributed by atoms with Gasteiger partial charge >= 0.3 is 0 Å². The minimum atomic E-state index is 0.678. The van der Waals surface area contributed by atoms with Crippen molar-refractivity contribution < 1.29 is 4.42 Å². The molecule has 1 fully saturated rings. The topological polar surface area (TPSA) is 25.2 Å². The summed E-state index contributed by atoms with van der Waals surface area (Å²) in [5.74, 6) is 1.86. The average molecular weight is 207 g/mol.